The summed E-state index contributed by atoms with van der Waals surface area (Å²) >= 11 is 0. The minimum atomic E-state index is -0.536. The second-order valence-corrected chi connectivity index (χ2v) is 5.79. The quantitative estimate of drug-likeness (QED) is 0.516. The summed E-state index contributed by atoms with van der Waals surface area (Å²) in [6, 6.07) is 13.7. The van der Waals surface area contributed by atoms with Crippen LogP contribution in [0.1, 0.15) is 28.6 Å². The first-order chi connectivity index (χ1) is 12.0. The van der Waals surface area contributed by atoms with Crippen molar-refractivity contribution in [2.75, 3.05) is 7.05 Å². The molecule has 1 amide bonds. The zero-order valence-electron chi connectivity index (χ0n) is 14.1. The van der Waals surface area contributed by atoms with E-state index in [0.29, 0.717) is 13.0 Å². The monoisotopic (exact) mass is 338 g/mol. The van der Waals surface area contributed by atoms with Gasteiger partial charge in [-0.2, -0.15) is 0 Å². The number of nitro benzene ring substituents is 1. The Balaban J connectivity index is 1.94. The number of aryl methyl sites for hydroxylation is 1. The number of amides is 1. The van der Waals surface area contributed by atoms with Gasteiger partial charge in [0.2, 0.25) is 0 Å². The van der Waals surface area contributed by atoms with E-state index in [9.17, 15) is 14.9 Å². The Labute approximate surface area is 144 Å². The van der Waals surface area contributed by atoms with Gasteiger partial charge in [0, 0.05) is 37.0 Å². The van der Waals surface area contributed by atoms with Gasteiger partial charge in [0.05, 0.1) is 4.92 Å². The van der Waals surface area contributed by atoms with E-state index in [1.807, 2.05) is 31.2 Å². The molecule has 0 radical (unpaired) electrons. The summed E-state index contributed by atoms with van der Waals surface area (Å²) in [5.41, 5.74) is 1.61. The third-order valence-corrected chi connectivity index (χ3v) is 4.18. The van der Waals surface area contributed by atoms with Gasteiger partial charge in [-0.05, 0) is 12.1 Å². The van der Waals surface area contributed by atoms with E-state index in [2.05, 4.69) is 0 Å². The molecule has 6 nitrogen and oxygen atoms in total. The van der Waals surface area contributed by atoms with Crippen LogP contribution in [0.15, 0.2) is 52.9 Å². The summed E-state index contributed by atoms with van der Waals surface area (Å²) in [7, 11) is 1.64. The van der Waals surface area contributed by atoms with Crippen LogP contribution in [0.5, 0.6) is 0 Å². The fraction of sp³-hybridized carbons (Fsp3) is 0.211. The predicted molar refractivity (Wildman–Crippen MR) is 94.5 cm³/mol. The fourth-order valence-electron chi connectivity index (χ4n) is 2.94. The molecular weight excluding hydrogens is 320 g/mol. The van der Waals surface area contributed by atoms with E-state index in [0.717, 1.165) is 22.3 Å². The van der Waals surface area contributed by atoms with Gasteiger partial charge in [0.25, 0.3) is 11.6 Å². The number of hydrogen-bond acceptors (Lipinski definition) is 4. The van der Waals surface area contributed by atoms with Crippen molar-refractivity contribution in [1.82, 2.24) is 4.90 Å². The fourth-order valence-corrected chi connectivity index (χ4v) is 2.94. The number of rotatable bonds is 5. The number of nitro groups is 1. The normalized spacial score (nSPS) is 10.8. The van der Waals surface area contributed by atoms with Crippen LogP contribution >= 0.6 is 0 Å². The lowest BCUT2D eigenvalue weighted by Gasteiger charge is -2.17. The van der Waals surface area contributed by atoms with E-state index in [1.165, 1.54) is 17.0 Å². The highest BCUT2D eigenvalue weighted by atomic mass is 16.6. The second kappa shape index (κ2) is 6.76. The van der Waals surface area contributed by atoms with Gasteiger partial charge < -0.3 is 9.32 Å². The molecule has 128 valence electrons. The number of carbonyl (C=O) groups is 1. The molecule has 0 aliphatic heterocycles. The average Bonchev–Trinajstić information content (AvgIpc) is 2.98. The molecule has 3 aromatic rings. The molecule has 3 rings (SSSR count). The Morgan fingerprint density at radius 1 is 1.16 bits per heavy atom. The summed E-state index contributed by atoms with van der Waals surface area (Å²) in [6.45, 7) is 2.32. The van der Waals surface area contributed by atoms with Crippen LogP contribution in [-0.4, -0.2) is 22.8 Å². The molecule has 0 saturated heterocycles. The van der Waals surface area contributed by atoms with E-state index >= 15 is 0 Å². The van der Waals surface area contributed by atoms with E-state index in [4.69, 9.17) is 4.42 Å². The van der Waals surface area contributed by atoms with Crippen molar-refractivity contribution in [3.63, 3.8) is 0 Å². The third-order valence-electron chi connectivity index (χ3n) is 4.18. The topological polar surface area (TPSA) is 76.6 Å². The summed E-state index contributed by atoms with van der Waals surface area (Å²) in [5, 5.41) is 12.1. The molecule has 0 unspecified atom stereocenters. The van der Waals surface area contributed by atoms with Crippen molar-refractivity contribution in [3.05, 3.63) is 75.5 Å². The van der Waals surface area contributed by atoms with E-state index in [-0.39, 0.29) is 17.2 Å². The van der Waals surface area contributed by atoms with Gasteiger partial charge in [-0.3, -0.25) is 14.9 Å². The molecule has 1 heterocycles. The summed E-state index contributed by atoms with van der Waals surface area (Å²) in [4.78, 5) is 24.8. The molecule has 0 saturated carbocycles. The number of carbonyl (C=O) groups excluding carboxylic acids is 1. The maximum atomic E-state index is 12.7. The Kier molecular flexibility index (Phi) is 4.52. The van der Waals surface area contributed by atoms with Crippen LogP contribution in [0, 0.1) is 10.1 Å². The van der Waals surface area contributed by atoms with Gasteiger partial charge in [0.1, 0.15) is 16.9 Å². The molecule has 25 heavy (non-hydrogen) atoms. The molecule has 0 fully saturated rings. The summed E-state index contributed by atoms with van der Waals surface area (Å²) in [6.07, 6.45) is 0.706. The van der Waals surface area contributed by atoms with Gasteiger partial charge in [0.15, 0.2) is 0 Å². The van der Waals surface area contributed by atoms with Crippen LogP contribution in [0.25, 0.3) is 11.0 Å². The zero-order chi connectivity index (χ0) is 18.0. The highest BCUT2D eigenvalue weighted by Gasteiger charge is 2.24. The van der Waals surface area contributed by atoms with Crippen molar-refractivity contribution >= 4 is 22.6 Å². The number of hydrogen-bond donors (Lipinski definition) is 0. The molecule has 0 N–H and O–H groups in total. The SMILES string of the molecule is CCc1oc2ccccc2c1CN(C)C(=O)c1ccccc1[N+](=O)[O-]. The van der Waals surface area contributed by atoms with Crippen LogP contribution in [0.4, 0.5) is 5.69 Å². The van der Waals surface area contributed by atoms with Crippen molar-refractivity contribution < 1.29 is 14.1 Å². The van der Waals surface area contributed by atoms with Gasteiger partial charge >= 0.3 is 0 Å². The highest BCUT2D eigenvalue weighted by molar-refractivity contribution is 5.98. The molecule has 0 bridgehead atoms. The average molecular weight is 338 g/mol. The zero-order valence-corrected chi connectivity index (χ0v) is 14.1. The van der Waals surface area contributed by atoms with E-state index in [1.54, 1.807) is 19.2 Å². The van der Waals surface area contributed by atoms with E-state index < -0.39 is 4.92 Å². The molecule has 1 aromatic heterocycles. The standard InChI is InChI=1S/C19H18N2O4/c1-3-17-15(13-8-5-7-11-18(13)25-17)12-20(2)19(22)14-9-4-6-10-16(14)21(23)24/h4-11H,3,12H2,1-2H3. The maximum absolute atomic E-state index is 12.7. The van der Waals surface area contributed by atoms with Crippen LogP contribution in [0.3, 0.4) is 0 Å². The molecule has 6 heteroatoms. The van der Waals surface area contributed by atoms with Crippen molar-refractivity contribution in [3.8, 4) is 0 Å². The lowest BCUT2D eigenvalue weighted by molar-refractivity contribution is -0.385. The highest BCUT2D eigenvalue weighted by Crippen LogP contribution is 2.28. The lowest BCUT2D eigenvalue weighted by atomic mass is 10.1. The summed E-state index contributed by atoms with van der Waals surface area (Å²) in [5.74, 6) is 0.433. The molecule has 2 aromatic carbocycles. The first-order valence-electron chi connectivity index (χ1n) is 8.01. The Hall–Kier alpha value is -3.15. The first kappa shape index (κ1) is 16.7. The third kappa shape index (κ3) is 3.10. The minimum Gasteiger partial charge on any atom is -0.461 e. The van der Waals surface area contributed by atoms with Gasteiger partial charge in [-0.1, -0.05) is 37.3 Å². The first-order valence-corrected chi connectivity index (χ1v) is 8.01. The minimum absolute atomic E-state index is 0.0841. The van der Waals surface area contributed by atoms with Crippen molar-refractivity contribution in [1.29, 1.82) is 0 Å². The second-order valence-electron chi connectivity index (χ2n) is 5.79. The number of para-hydroxylation sites is 2. The Morgan fingerprint density at radius 3 is 2.56 bits per heavy atom. The maximum Gasteiger partial charge on any atom is 0.282 e. The molecule has 0 aliphatic carbocycles. The number of fused-ring (bicyclic) bond motifs is 1. The molecule has 0 spiro atoms. The molecule has 0 aliphatic rings. The Bertz CT molecular complexity index is 946. The number of nitrogens with zero attached hydrogens (tertiary/aromatic N) is 2. The number of benzene rings is 2. The van der Waals surface area contributed by atoms with Crippen molar-refractivity contribution in [2.45, 2.75) is 19.9 Å². The van der Waals surface area contributed by atoms with Crippen LogP contribution in [0.2, 0.25) is 0 Å². The largest absolute Gasteiger partial charge is 0.461 e. The van der Waals surface area contributed by atoms with Gasteiger partial charge in [-0.15, -0.1) is 0 Å². The van der Waals surface area contributed by atoms with Crippen LogP contribution < -0.4 is 0 Å². The smallest absolute Gasteiger partial charge is 0.282 e. The van der Waals surface area contributed by atoms with Crippen LogP contribution in [-0.2, 0) is 13.0 Å². The van der Waals surface area contributed by atoms with Gasteiger partial charge in [-0.25, -0.2) is 0 Å². The predicted octanol–water partition coefficient (Wildman–Crippen LogP) is 4.18. The lowest BCUT2D eigenvalue weighted by Crippen LogP contribution is -2.27. The molecular formula is C19H18N2O4. The summed E-state index contributed by atoms with van der Waals surface area (Å²) < 4.78 is 5.85. The number of furan rings is 1. The Morgan fingerprint density at radius 2 is 1.84 bits per heavy atom. The van der Waals surface area contributed by atoms with Crippen molar-refractivity contribution in [2.24, 2.45) is 0 Å². The molecule has 0 atom stereocenters.